The quantitative estimate of drug-likeness (QED) is 0.463. The highest BCUT2D eigenvalue weighted by molar-refractivity contribution is 5.81. The second-order valence-corrected chi connectivity index (χ2v) is 3.64. The largest absolute Gasteiger partial charge is 0.463 e. The van der Waals surface area contributed by atoms with E-state index in [4.69, 9.17) is 4.74 Å². The van der Waals surface area contributed by atoms with E-state index >= 15 is 0 Å². The third-order valence-corrected chi connectivity index (χ3v) is 2.13. The van der Waals surface area contributed by atoms with Gasteiger partial charge < -0.3 is 4.74 Å². The molecular formula is C12H22O2. The second-order valence-electron chi connectivity index (χ2n) is 3.64. The van der Waals surface area contributed by atoms with Gasteiger partial charge in [-0.3, -0.25) is 0 Å². The standard InChI is InChI=1S/C12H22O2/c1-4-6-8-11(3)9-7-10-12(13)14-5-2/h7,10-11H,4-6,8-9H2,1-3H3/t11-/m1/s1. The Morgan fingerprint density at radius 1 is 1.43 bits per heavy atom. The fourth-order valence-corrected chi connectivity index (χ4v) is 1.26. The van der Waals surface area contributed by atoms with Crippen molar-refractivity contribution in [1.29, 1.82) is 0 Å². The van der Waals surface area contributed by atoms with Crippen LogP contribution in [0.5, 0.6) is 0 Å². The molecule has 0 saturated carbocycles. The molecule has 82 valence electrons. The molecule has 1 atom stereocenters. The summed E-state index contributed by atoms with van der Waals surface area (Å²) in [6, 6.07) is 0. The molecule has 14 heavy (non-hydrogen) atoms. The van der Waals surface area contributed by atoms with Crippen LogP contribution in [-0.2, 0) is 9.53 Å². The highest BCUT2D eigenvalue weighted by atomic mass is 16.5. The maximum Gasteiger partial charge on any atom is 0.330 e. The maximum absolute atomic E-state index is 10.9. The highest BCUT2D eigenvalue weighted by Crippen LogP contribution is 2.11. The molecule has 0 aromatic heterocycles. The molecule has 0 aromatic carbocycles. The summed E-state index contributed by atoms with van der Waals surface area (Å²) >= 11 is 0. The minimum Gasteiger partial charge on any atom is -0.463 e. The fraction of sp³-hybridized carbons (Fsp3) is 0.750. The molecule has 0 aliphatic carbocycles. The Bertz CT molecular complexity index is 173. The lowest BCUT2D eigenvalue weighted by molar-refractivity contribution is -0.137. The van der Waals surface area contributed by atoms with Gasteiger partial charge in [-0.15, -0.1) is 0 Å². The fourth-order valence-electron chi connectivity index (χ4n) is 1.26. The van der Waals surface area contributed by atoms with E-state index < -0.39 is 0 Å². The third-order valence-electron chi connectivity index (χ3n) is 2.13. The monoisotopic (exact) mass is 198 g/mol. The molecule has 0 bridgehead atoms. The summed E-state index contributed by atoms with van der Waals surface area (Å²) in [7, 11) is 0. The van der Waals surface area contributed by atoms with E-state index in [-0.39, 0.29) is 5.97 Å². The van der Waals surface area contributed by atoms with E-state index in [2.05, 4.69) is 13.8 Å². The van der Waals surface area contributed by atoms with Gasteiger partial charge in [0, 0.05) is 6.08 Å². The first kappa shape index (κ1) is 13.2. The van der Waals surface area contributed by atoms with Crippen molar-refractivity contribution in [1.82, 2.24) is 0 Å². The van der Waals surface area contributed by atoms with Crippen LogP contribution < -0.4 is 0 Å². The molecule has 0 spiro atoms. The van der Waals surface area contributed by atoms with E-state index in [1.54, 1.807) is 0 Å². The summed E-state index contributed by atoms with van der Waals surface area (Å²) in [5.41, 5.74) is 0. The van der Waals surface area contributed by atoms with Gasteiger partial charge in [-0.1, -0.05) is 39.2 Å². The Morgan fingerprint density at radius 2 is 2.14 bits per heavy atom. The number of esters is 1. The Morgan fingerprint density at radius 3 is 2.71 bits per heavy atom. The molecule has 0 unspecified atom stereocenters. The van der Waals surface area contributed by atoms with Crippen molar-refractivity contribution < 1.29 is 9.53 Å². The SMILES string of the molecule is CCCC[C@@H](C)CC=CC(=O)OCC. The van der Waals surface area contributed by atoms with Gasteiger partial charge in [-0.25, -0.2) is 4.79 Å². The normalized spacial score (nSPS) is 13.1. The van der Waals surface area contributed by atoms with E-state index in [9.17, 15) is 4.79 Å². The lowest BCUT2D eigenvalue weighted by Gasteiger charge is -2.06. The topological polar surface area (TPSA) is 26.3 Å². The minimum absolute atomic E-state index is 0.227. The number of rotatable bonds is 7. The zero-order valence-corrected chi connectivity index (χ0v) is 9.58. The Hall–Kier alpha value is -0.790. The van der Waals surface area contributed by atoms with Gasteiger partial charge in [0.25, 0.3) is 0 Å². The van der Waals surface area contributed by atoms with Gasteiger partial charge in [0.2, 0.25) is 0 Å². The van der Waals surface area contributed by atoms with Gasteiger partial charge in [0.1, 0.15) is 0 Å². The first-order valence-electron chi connectivity index (χ1n) is 5.54. The van der Waals surface area contributed by atoms with Crippen molar-refractivity contribution in [3.8, 4) is 0 Å². The van der Waals surface area contributed by atoms with Crippen LogP contribution in [-0.4, -0.2) is 12.6 Å². The van der Waals surface area contributed by atoms with Crippen LogP contribution in [0.15, 0.2) is 12.2 Å². The number of allylic oxidation sites excluding steroid dienone is 1. The lowest BCUT2D eigenvalue weighted by atomic mass is 10.0. The number of carbonyl (C=O) groups excluding carboxylic acids is 1. The van der Waals surface area contributed by atoms with E-state index in [1.807, 2.05) is 13.0 Å². The molecule has 0 N–H and O–H groups in total. The second kappa shape index (κ2) is 8.79. The summed E-state index contributed by atoms with van der Waals surface area (Å²) < 4.78 is 4.78. The van der Waals surface area contributed by atoms with Crippen LogP contribution in [0.4, 0.5) is 0 Å². The number of ether oxygens (including phenoxy) is 1. The van der Waals surface area contributed by atoms with Crippen LogP contribution >= 0.6 is 0 Å². The molecule has 2 nitrogen and oxygen atoms in total. The Kier molecular flexibility index (Phi) is 8.30. The summed E-state index contributed by atoms with van der Waals surface area (Å²) in [5, 5.41) is 0. The number of hydrogen-bond acceptors (Lipinski definition) is 2. The third kappa shape index (κ3) is 7.84. The van der Waals surface area contributed by atoms with Crippen molar-refractivity contribution in [2.75, 3.05) is 6.61 Å². The molecule has 0 heterocycles. The maximum atomic E-state index is 10.9. The molecule has 0 rings (SSSR count). The number of carbonyl (C=O) groups is 1. The van der Waals surface area contributed by atoms with Crippen LogP contribution in [0.3, 0.4) is 0 Å². The molecule has 0 aromatic rings. The van der Waals surface area contributed by atoms with Crippen molar-refractivity contribution in [3.63, 3.8) is 0 Å². The molecule has 0 amide bonds. The van der Waals surface area contributed by atoms with Crippen LogP contribution in [0.2, 0.25) is 0 Å². The van der Waals surface area contributed by atoms with Gasteiger partial charge >= 0.3 is 5.97 Å². The van der Waals surface area contributed by atoms with Gasteiger partial charge in [-0.05, 0) is 19.3 Å². The average molecular weight is 198 g/mol. The van der Waals surface area contributed by atoms with E-state index in [1.165, 1.54) is 25.3 Å². The van der Waals surface area contributed by atoms with Gasteiger partial charge in [-0.2, -0.15) is 0 Å². The molecule has 2 heteroatoms. The first-order chi connectivity index (χ1) is 6.70. The molecule has 0 fully saturated rings. The van der Waals surface area contributed by atoms with E-state index in [0.717, 1.165) is 6.42 Å². The van der Waals surface area contributed by atoms with E-state index in [0.29, 0.717) is 12.5 Å². The average Bonchev–Trinajstić information content (AvgIpc) is 2.15. The van der Waals surface area contributed by atoms with Crippen LogP contribution in [0.1, 0.15) is 46.5 Å². The Labute approximate surface area is 87.3 Å². The van der Waals surface area contributed by atoms with Crippen LogP contribution in [0, 0.1) is 5.92 Å². The smallest absolute Gasteiger partial charge is 0.330 e. The number of hydrogen-bond donors (Lipinski definition) is 0. The van der Waals surface area contributed by atoms with Gasteiger partial charge in [0.05, 0.1) is 6.61 Å². The number of unbranched alkanes of at least 4 members (excludes halogenated alkanes) is 1. The molecule has 0 aliphatic rings. The Balaban J connectivity index is 3.54. The minimum atomic E-state index is -0.227. The molecule has 0 saturated heterocycles. The zero-order valence-electron chi connectivity index (χ0n) is 9.58. The predicted molar refractivity (Wildman–Crippen MR) is 59.1 cm³/mol. The van der Waals surface area contributed by atoms with Crippen molar-refractivity contribution in [2.24, 2.45) is 5.92 Å². The van der Waals surface area contributed by atoms with Crippen molar-refractivity contribution in [3.05, 3.63) is 12.2 Å². The molecule has 0 radical (unpaired) electrons. The summed E-state index contributed by atoms with van der Waals surface area (Å²) in [6.07, 6.45) is 8.17. The summed E-state index contributed by atoms with van der Waals surface area (Å²) in [6.45, 7) is 6.68. The first-order valence-corrected chi connectivity index (χ1v) is 5.54. The molecular weight excluding hydrogens is 176 g/mol. The van der Waals surface area contributed by atoms with Gasteiger partial charge in [0.15, 0.2) is 0 Å². The summed E-state index contributed by atoms with van der Waals surface area (Å²) in [4.78, 5) is 10.9. The lowest BCUT2D eigenvalue weighted by Crippen LogP contribution is -1.99. The van der Waals surface area contributed by atoms with Crippen LogP contribution in [0.25, 0.3) is 0 Å². The highest BCUT2D eigenvalue weighted by Gasteiger charge is 1.99. The van der Waals surface area contributed by atoms with Crippen molar-refractivity contribution in [2.45, 2.75) is 46.5 Å². The predicted octanol–water partition coefficient (Wildman–Crippen LogP) is 3.32. The van der Waals surface area contributed by atoms with Crippen molar-refractivity contribution >= 4 is 5.97 Å². The zero-order chi connectivity index (χ0) is 10.8. The summed E-state index contributed by atoms with van der Waals surface area (Å²) in [5.74, 6) is 0.441. The molecule has 0 aliphatic heterocycles.